The zero-order chi connectivity index (χ0) is 8.93. The molecule has 2 atom stereocenters. The Morgan fingerprint density at radius 3 is 2.69 bits per heavy atom. The van der Waals surface area contributed by atoms with Crippen LogP contribution in [0.25, 0.3) is 0 Å². The molecule has 0 aliphatic carbocycles. The highest BCUT2D eigenvalue weighted by Crippen LogP contribution is 2.20. The lowest BCUT2D eigenvalue weighted by Gasteiger charge is -2.30. The molecule has 2 unspecified atom stereocenters. The van der Waals surface area contributed by atoms with Crippen molar-refractivity contribution in [3.8, 4) is 0 Å². The van der Waals surface area contributed by atoms with Crippen LogP contribution in [0.5, 0.6) is 0 Å². The van der Waals surface area contributed by atoms with Crippen molar-refractivity contribution in [1.29, 1.82) is 0 Å². The summed E-state index contributed by atoms with van der Waals surface area (Å²) >= 11 is 0. The largest absolute Gasteiger partial charge is 0.316 e. The van der Waals surface area contributed by atoms with Gasteiger partial charge in [0.25, 0.3) is 0 Å². The van der Waals surface area contributed by atoms with E-state index >= 15 is 0 Å². The molecule has 2 N–H and O–H groups in total. The quantitative estimate of drug-likeness (QED) is 0.642. The van der Waals surface area contributed by atoms with Gasteiger partial charge in [-0.3, -0.25) is 0 Å². The summed E-state index contributed by atoms with van der Waals surface area (Å²) < 4.78 is 0. The number of hydrogen-bond donors (Lipinski definition) is 2. The normalized spacial score (nSPS) is 36.9. The van der Waals surface area contributed by atoms with E-state index < -0.39 is 0 Å². The van der Waals surface area contributed by atoms with Gasteiger partial charge in [-0.2, -0.15) is 0 Å². The lowest BCUT2D eigenvalue weighted by atomic mass is 9.89. The van der Waals surface area contributed by atoms with E-state index in [0.29, 0.717) is 0 Å². The molecule has 0 aromatic rings. The molecule has 2 rings (SSSR count). The fraction of sp³-hybridized carbons (Fsp3) is 1.00. The van der Waals surface area contributed by atoms with E-state index in [1.54, 1.807) is 0 Å². The standard InChI is InChI=1S/C11H22N2/c1-2-6-11(13-8-3-1)10-5-4-7-12-9-10/h10-13H,1-9H2. The Morgan fingerprint density at radius 1 is 0.846 bits per heavy atom. The second-order valence-electron chi connectivity index (χ2n) is 4.52. The fourth-order valence-electron chi connectivity index (χ4n) is 2.68. The highest BCUT2D eigenvalue weighted by Gasteiger charge is 2.23. The first-order valence-corrected chi connectivity index (χ1v) is 5.91. The van der Waals surface area contributed by atoms with Crippen molar-refractivity contribution < 1.29 is 0 Å². The molecule has 2 aliphatic heterocycles. The lowest BCUT2D eigenvalue weighted by Crippen LogP contribution is -2.43. The Balaban J connectivity index is 1.82. The summed E-state index contributed by atoms with van der Waals surface area (Å²) in [6.45, 7) is 3.74. The summed E-state index contributed by atoms with van der Waals surface area (Å²) in [5, 5.41) is 7.22. The molecule has 2 fully saturated rings. The van der Waals surface area contributed by atoms with Gasteiger partial charge >= 0.3 is 0 Å². The van der Waals surface area contributed by atoms with Crippen LogP contribution in [0, 0.1) is 5.92 Å². The van der Waals surface area contributed by atoms with E-state index in [2.05, 4.69) is 10.6 Å². The van der Waals surface area contributed by atoms with Crippen molar-refractivity contribution in [2.24, 2.45) is 5.92 Å². The van der Waals surface area contributed by atoms with E-state index in [9.17, 15) is 0 Å². The highest BCUT2D eigenvalue weighted by molar-refractivity contribution is 4.82. The summed E-state index contributed by atoms with van der Waals surface area (Å²) in [4.78, 5) is 0. The van der Waals surface area contributed by atoms with Gasteiger partial charge in [-0.05, 0) is 51.2 Å². The van der Waals surface area contributed by atoms with Gasteiger partial charge in [-0.15, -0.1) is 0 Å². The molecule has 2 saturated heterocycles. The molecule has 76 valence electrons. The molecule has 2 heterocycles. The zero-order valence-corrected chi connectivity index (χ0v) is 8.52. The second-order valence-corrected chi connectivity index (χ2v) is 4.52. The summed E-state index contributed by atoms with van der Waals surface area (Å²) in [5.74, 6) is 0.909. The van der Waals surface area contributed by atoms with Gasteiger partial charge in [0.2, 0.25) is 0 Å². The molecule has 13 heavy (non-hydrogen) atoms. The van der Waals surface area contributed by atoms with Crippen LogP contribution < -0.4 is 10.6 Å². The zero-order valence-electron chi connectivity index (χ0n) is 8.52. The fourth-order valence-corrected chi connectivity index (χ4v) is 2.68. The second kappa shape index (κ2) is 4.97. The number of nitrogens with one attached hydrogen (secondary N) is 2. The smallest absolute Gasteiger partial charge is 0.0107 e. The third-order valence-corrected chi connectivity index (χ3v) is 3.50. The van der Waals surface area contributed by atoms with Crippen LogP contribution in [-0.4, -0.2) is 25.7 Å². The average Bonchev–Trinajstić information content (AvgIpc) is 2.47. The Morgan fingerprint density at radius 2 is 1.85 bits per heavy atom. The summed E-state index contributed by atoms with van der Waals surface area (Å²) in [7, 11) is 0. The van der Waals surface area contributed by atoms with Crippen LogP contribution in [0.15, 0.2) is 0 Å². The van der Waals surface area contributed by atoms with Crippen LogP contribution in [0.2, 0.25) is 0 Å². The highest BCUT2D eigenvalue weighted by atomic mass is 15.0. The molecular weight excluding hydrogens is 160 g/mol. The van der Waals surface area contributed by atoms with Crippen molar-refractivity contribution in [3.05, 3.63) is 0 Å². The van der Waals surface area contributed by atoms with Gasteiger partial charge in [0.15, 0.2) is 0 Å². The summed E-state index contributed by atoms with van der Waals surface area (Å²) in [5.41, 5.74) is 0. The molecule has 0 amide bonds. The monoisotopic (exact) mass is 182 g/mol. The van der Waals surface area contributed by atoms with E-state index in [4.69, 9.17) is 0 Å². The summed E-state index contributed by atoms with van der Waals surface area (Å²) in [6.07, 6.45) is 8.48. The van der Waals surface area contributed by atoms with Gasteiger partial charge in [0.1, 0.15) is 0 Å². The van der Waals surface area contributed by atoms with Crippen molar-refractivity contribution in [3.63, 3.8) is 0 Å². The predicted molar refractivity (Wildman–Crippen MR) is 55.9 cm³/mol. The molecule has 0 bridgehead atoms. The van der Waals surface area contributed by atoms with Gasteiger partial charge in [0.05, 0.1) is 0 Å². The van der Waals surface area contributed by atoms with Crippen molar-refractivity contribution in [2.75, 3.05) is 19.6 Å². The molecule has 2 heteroatoms. The molecular formula is C11H22N2. The van der Waals surface area contributed by atoms with Crippen LogP contribution in [-0.2, 0) is 0 Å². The molecule has 2 nitrogen and oxygen atoms in total. The first kappa shape index (κ1) is 9.47. The molecule has 0 spiro atoms. The maximum Gasteiger partial charge on any atom is 0.0107 e. The minimum absolute atomic E-state index is 0.815. The summed E-state index contributed by atoms with van der Waals surface area (Å²) in [6, 6.07) is 0.815. The molecule has 0 aromatic carbocycles. The molecule has 0 saturated carbocycles. The SMILES string of the molecule is C1CCNC(C2CCCNC2)CC1. The first-order valence-electron chi connectivity index (χ1n) is 5.91. The van der Waals surface area contributed by atoms with Crippen LogP contribution in [0.3, 0.4) is 0 Å². The van der Waals surface area contributed by atoms with E-state index in [1.807, 2.05) is 0 Å². The maximum atomic E-state index is 3.71. The van der Waals surface area contributed by atoms with Gasteiger partial charge in [-0.1, -0.05) is 12.8 Å². The minimum Gasteiger partial charge on any atom is -0.316 e. The van der Waals surface area contributed by atoms with Gasteiger partial charge in [-0.25, -0.2) is 0 Å². The third-order valence-electron chi connectivity index (χ3n) is 3.50. The van der Waals surface area contributed by atoms with Gasteiger partial charge < -0.3 is 10.6 Å². The topological polar surface area (TPSA) is 24.1 Å². The predicted octanol–water partition coefficient (Wildman–Crippen LogP) is 1.52. The number of rotatable bonds is 1. The molecule has 2 aliphatic rings. The number of hydrogen-bond acceptors (Lipinski definition) is 2. The van der Waals surface area contributed by atoms with Crippen LogP contribution in [0.4, 0.5) is 0 Å². The molecule has 0 radical (unpaired) electrons. The van der Waals surface area contributed by atoms with Gasteiger partial charge in [0, 0.05) is 6.04 Å². The van der Waals surface area contributed by atoms with Crippen molar-refractivity contribution in [1.82, 2.24) is 10.6 Å². The Bertz CT molecular complexity index is 133. The maximum absolute atomic E-state index is 3.71. The van der Waals surface area contributed by atoms with Crippen molar-refractivity contribution in [2.45, 2.75) is 44.6 Å². The Labute approximate surface area is 81.5 Å². The van der Waals surface area contributed by atoms with E-state index in [1.165, 1.54) is 58.2 Å². The first-order chi connectivity index (χ1) is 6.47. The van der Waals surface area contributed by atoms with Crippen LogP contribution in [0.1, 0.15) is 38.5 Å². The van der Waals surface area contributed by atoms with E-state index in [0.717, 1.165) is 12.0 Å². The Hall–Kier alpha value is -0.0800. The minimum atomic E-state index is 0.815. The number of piperidine rings is 1. The Kier molecular flexibility index (Phi) is 3.62. The van der Waals surface area contributed by atoms with E-state index in [-0.39, 0.29) is 0 Å². The van der Waals surface area contributed by atoms with Crippen LogP contribution >= 0.6 is 0 Å². The average molecular weight is 182 g/mol. The van der Waals surface area contributed by atoms with Crippen molar-refractivity contribution >= 4 is 0 Å². The third kappa shape index (κ3) is 2.68. The lowest BCUT2D eigenvalue weighted by molar-refractivity contribution is 0.279. The molecule has 0 aromatic heterocycles.